The molecule has 1 atom stereocenters. The molecule has 1 heterocycles. The summed E-state index contributed by atoms with van der Waals surface area (Å²) in [4.78, 5) is 12.9. The molecule has 0 amide bonds. The van der Waals surface area contributed by atoms with E-state index in [-0.39, 0.29) is 6.17 Å². The van der Waals surface area contributed by atoms with Crippen molar-refractivity contribution in [2.75, 3.05) is 0 Å². The summed E-state index contributed by atoms with van der Waals surface area (Å²) in [5.41, 5.74) is 2.83. The van der Waals surface area contributed by atoms with Gasteiger partial charge in [0.1, 0.15) is 5.84 Å². The number of amidine groups is 1. The molecule has 0 radical (unpaired) electrons. The molecule has 1 fully saturated rings. The lowest BCUT2D eigenvalue weighted by molar-refractivity contribution is -0.112. The zero-order valence-electron chi connectivity index (χ0n) is 7.86. The van der Waals surface area contributed by atoms with Crippen LogP contribution in [-0.2, 0) is 4.79 Å². The maximum atomic E-state index is 10.7. The largest absolute Gasteiger partial charge is 0.328 e. The van der Waals surface area contributed by atoms with Gasteiger partial charge in [-0.2, -0.15) is 5.10 Å². The molecule has 4 nitrogen and oxygen atoms in total. The standard InChI is InChI=1S/C9H15N3O/c1-7-10-11-9(6-13)12(7)8-4-2-3-5-8/h6,8-9,11H,2-5H2,1H3. The van der Waals surface area contributed by atoms with E-state index >= 15 is 0 Å². The quantitative estimate of drug-likeness (QED) is 0.637. The third-order valence-corrected chi connectivity index (χ3v) is 2.88. The second kappa shape index (κ2) is 3.36. The van der Waals surface area contributed by atoms with Gasteiger partial charge >= 0.3 is 0 Å². The van der Waals surface area contributed by atoms with Crippen LogP contribution in [0.5, 0.6) is 0 Å². The summed E-state index contributed by atoms with van der Waals surface area (Å²) in [6.07, 6.45) is 5.65. The van der Waals surface area contributed by atoms with Gasteiger partial charge in [0.2, 0.25) is 0 Å². The summed E-state index contributed by atoms with van der Waals surface area (Å²) >= 11 is 0. The molecular formula is C9H15N3O. The molecular weight excluding hydrogens is 166 g/mol. The first-order valence-corrected chi connectivity index (χ1v) is 4.86. The second-order valence-electron chi connectivity index (χ2n) is 3.71. The van der Waals surface area contributed by atoms with Crippen molar-refractivity contribution in [3.05, 3.63) is 0 Å². The van der Waals surface area contributed by atoms with Gasteiger partial charge in [-0.1, -0.05) is 12.8 Å². The van der Waals surface area contributed by atoms with E-state index in [1.165, 1.54) is 25.7 Å². The van der Waals surface area contributed by atoms with E-state index in [4.69, 9.17) is 0 Å². The molecule has 1 unspecified atom stereocenters. The van der Waals surface area contributed by atoms with E-state index in [9.17, 15) is 4.79 Å². The average molecular weight is 181 g/mol. The molecule has 1 saturated carbocycles. The first-order valence-electron chi connectivity index (χ1n) is 4.86. The van der Waals surface area contributed by atoms with E-state index in [1.807, 2.05) is 6.92 Å². The van der Waals surface area contributed by atoms with Crippen molar-refractivity contribution in [2.45, 2.75) is 44.8 Å². The van der Waals surface area contributed by atoms with Crippen LogP contribution in [0.2, 0.25) is 0 Å². The molecule has 0 aromatic heterocycles. The number of nitrogens with one attached hydrogen (secondary N) is 1. The molecule has 1 aliphatic carbocycles. The van der Waals surface area contributed by atoms with Crippen LogP contribution in [0.25, 0.3) is 0 Å². The second-order valence-corrected chi connectivity index (χ2v) is 3.71. The normalized spacial score (nSPS) is 28.8. The van der Waals surface area contributed by atoms with Gasteiger partial charge in [-0.3, -0.25) is 10.2 Å². The fourth-order valence-electron chi connectivity index (χ4n) is 2.25. The van der Waals surface area contributed by atoms with Gasteiger partial charge in [-0.25, -0.2) is 0 Å². The number of hydrazone groups is 1. The van der Waals surface area contributed by atoms with Gasteiger partial charge in [0.05, 0.1) is 0 Å². The molecule has 13 heavy (non-hydrogen) atoms. The van der Waals surface area contributed by atoms with Crippen LogP contribution in [0.3, 0.4) is 0 Å². The van der Waals surface area contributed by atoms with E-state index in [0.29, 0.717) is 6.04 Å². The van der Waals surface area contributed by atoms with Crippen LogP contribution < -0.4 is 5.43 Å². The van der Waals surface area contributed by atoms with Crippen molar-refractivity contribution in [3.8, 4) is 0 Å². The Morgan fingerprint density at radius 3 is 2.85 bits per heavy atom. The molecule has 72 valence electrons. The van der Waals surface area contributed by atoms with E-state index in [1.54, 1.807) is 0 Å². The van der Waals surface area contributed by atoms with Crippen molar-refractivity contribution in [3.63, 3.8) is 0 Å². The Morgan fingerprint density at radius 2 is 2.23 bits per heavy atom. The number of hydrogen-bond acceptors (Lipinski definition) is 4. The lowest BCUT2D eigenvalue weighted by atomic mass is 10.2. The predicted molar refractivity (Wildman–Crippen MR) is 50.2 cm³/mol. The van der Waals surface area contributed by atoms with Crippen molar-refractivity contribution in [1.29, 1.82) is 0 Å². The van der Waals surface area contributed by atoms with Crippen LogP contribution in [0.1, 0.15) is 32.6 Å². The Balaban J connectivity index is 2.09. The SMILES string of the molecule is CC1=NNC(C=O)N1C1CCCC1. The smallest absolute Gasteiger partial charge is 0.173 e. The topological polar surface area (TPSA) is 44.7 Å². The molecule has 1 aliphatic heterocycles. The van der Waals surface area contributed by atoms with Gasteiger partial charge in [-0.15, -0.1) is 0 Å². The van der Waals surface area contributed by atoms with Crippen molar-refractivity contribution in [2.24, 2.45) is 5.10 Å². The van der Waals surface area contributed by atoms with Gasteiger partial charge < -0.3 is 4.90 Å². The average Bonchev–Trinajstić information content (AvgIpc) is 2.72. The van der Waals surface area contributed by atoms with Crippen molar-refractivity contribution < 1.29 is 4.79 Å². The first kappa shape index (κ1) is 8.53. The van der Waals surface area contributed by atoms with Crippen LogP contribution >= 0.6 is 0 Å². The third-order valence-electron chi connectivity index (χ3n) is 2.88. The molecule has 2 aliphatic rings. The highest BCUT2D eigenvalue weighted by Gasteiger charge is 2.32. The number of carbonyl (C=O) groups excluding carboxylic acids is 1. The number of nitrogens with zero attached hydrogens (tertiary/aromatic N) is 2. The van der Waals surface area contributed by atoms with Gasteiger partial charge in [0, 0.05) is 6.04 Å². The summed E-state index contributed by atoms with van der Waals surface area (Å²) in [7, 11) is 0. The Labute approximate surface area is 78.0 Å². The minimum absolute atomic E-state index is 0.219. The van der Waals surface area contributed by atoms with Crippen LogP contribution in [-0.4, -0.2) is 29.2 Å². The van der Waals surface area contributed by atoms with Crippen LogP contribution in [0.15, 0.2) is 5.10 Å². The Hall–Kier alpha value is -1.06. The number of aldehydes is 1. The van der Waals surface area contributed by atoms with Crippen LogP contribution in [0.4, 0.5) is 0 Å². The number of rotatable bonds is 2. The fraction of sp³-hybridized carbons (Fsp3) is 0.778. The molecule has 0 spiro atoms. The van der Waals surface area contributed by atoms with Crippen molar-refractivity contribution in [1.82, 2.24) is 10.3 Å². The molecule has 0 bridgehead atoms. The van der Waals surface area contributed by atoms with Crippen molar-refractivity contribution >= 4 is 12.1 Å². The van der Waals surface area contributed by atoms with Gasteiger partial charge in [0.15, 0.2) is 12.5 Å². The first-order chi connectivity index (χ1) is 6.33. The highest BCUT2D eigenvalue weighted by atomic mass is 16.1. The minimum atomic E-state index is -0.219. The molecule has 0 saturated heterocycles. The monoisotopic (exact) mass is 181 g/mol. The van der Waals surface area contributed by atoms with E-state index in [0.717, 1.165) is 12.1 Å². The Kier molecular flexibility index (Phi) is 2.20. The number of carbonyl (C=O) groups is 1. The molecule has 4 heteroatoms. The van der Waals surface area contributed by atoms with Gasteiger partial charge in [-0.05, 0) is 19.8 Å². The molecule has 1 N–H and O–H groups in total. The summed E-state index contributed by atoms with van der Waals surface area (Å²) in [5.74, 6) is 0.948. The predicted octanol–water partition coefficient (Wildman–Crippen LogP) is 0.693. The maximum absolute atomic E-state index is 10.7. The minimum Gasteiger partial charge on any atom is -0.328 e. The molecule has 0 aromatic rings. The Morgan fingerprint density at radius 1 is 1.54 bits per heavy atom. The Bertz CT molecular complexity index is 233. The summed E-state index contributed by atoms with van der Waals surface area (Å²) in [6, 6.07) is 0.522. The number of hydrogen-bond donors (Lipinski definition) is 1. The van der Waals surface area contributed by atoms with E-state index in [2.05, 4.69) is 15.4 Å². The zero-order valence-corrected chi connectivity index (χ0v) is 7.86. The van der Waals surface area contributed by atoms with Gasteiger partial charge in [0.25, 0.3) is 0 Å². The highest BCUT2D eigenvalue weighted by Crippen LogP contribution is 2.26. The summed E-state index contributed by atoms with van der Waals surface area (Å²) in [5, 5.41) is 4.08. The van der Waals surface area contributed by atoms with Crippen LogP contribution in [0, 0.1) is 0 Å². The third kappa shape index (κ3) is 1.41. The molecule has 2 rings (SSSR count). The zero-order chi connectivity index (χ0) is 9.26. The highest BCUT2D eigenvalue weighted by molar-refractivity contribution is 5.84. The summed E-state index contributed by atoms with van der Waals surface area (Å²) < 4.78 is 0. The summed E-state index contributed by atoms with van der Waals surface area (Å²) in [6.45, 7) is 1.95. The maximum Gasteiger partial charge on any atom is 0.173 e. The fourth-order valence-corrected chi connectivity index (χ4v) is 2.25. The molecule has 0 aromatic carbocycles. The lowest BCUT2D eigenvalue weighted by Gasteiger charge is -2.28. The lowest BCUT2D eigenvalue weighted by Crippen LogP contribution is -2.46. The van der Waals surface area contributed by atoms with E-state index < -0.39 is 0 Å².